The lowest BCUT2D eigenvalue weighted by molar-refractivity contribution is -0.141. The minimum absolute atomic E-state index is 0.160. The molecule has 1 aromatic carbocycles. The van der Waals surface area contributed by atoms with Crippen LogP contribution in [0.25, 0.3) is 0 Å². The first-order valence-electron chi connectivity index (χ1n) is 6.08. The minimum atomic E-state index is -1.18. The molecule has 8 nitrogen and oxygen atoms in total. The topological polar surface area (TPSA) is 167 Å². The van der Waals surface area contributed by atoms with E-state index in [2.05, 4.69) is 0 Å². The molecular weight excluding hydrogens is 280 g/mol. The Labute approximate surface area is 121 Å². The molecular formula is C13H20N2O6. The smallest absolute Gasteiger partial charge is 0.323 e. The number of hydrogen-bond donors (Lipinski definition) is 6. The first-order chi connectivity index (χ1) is 9.65. The average molecular weight is 300 g/mol. The van der Waals surface area contributed by atoms with Gasteiger partial charge in [0.05, 0.1) is 6.10 Å². The second kappa shape index (κ2) is 8.90. The molecule has 0 spiro atoms. The highest BCUT2D eigenvalue weighted by Gasteiger charge is 2.16. The fourth-order valence-corrected chi connectivity index (χ4v) is 1.18. The highest BCUT2D eigenvalue weighted by Crippen LogP contribution is 2.10. The second-order valence-corrected chi connectivity index (χ2v) is 4.42. The highest BCUT2D eigenvalue weighted by molar-refractivity contribution is 5.74. The zero-order valence-corrected chi connectivity index (χ0v) is 11.5. The van der Waals surface area contributed by atoms with Crippen LogP contribution < -0.4 is 11.5 Å². The van der Waals surface area contributed by atoms with Crippen LogP contribution in [0.3, 0.4) is 0 Å². The molecule has 118 valence electrons. The van der Waals surface area contributed by atoms with Gasteiger partial charge in [-0.05, 0) is 31.0 Å². The van der Waals surface area contributed by atoms with Crippen molar-refractivity contribution in [2.75, 3.05) is 0 Å². The molecule has 0 saturated heterocycles. The predicted octanol–water partition coefficient (Wildman–Crippen LogP) is -0.874. The number of carboxylic acids is 2. The third kappa shape index (κ3) is 7.88. The number of benzene rings is 1. The summed E-state index contributed by atoms with van der Waals surface area (Å²) in [5, 5.41) is 34.0. The van der Waals surface area contributed by atoms with Gasteiger partial charge in [0, 0.05) is 0 Å². The van der Waals surface area contributed by atoms with Crippen LogP contribution in [0.1, 0.15) is 12.5 Å². The standard InChI is InChI=1S/C9H11NO3.C4H9NO3/c10-8(9(12)13)5-6-1-3-7(11)4-2-6;1-2(6)3(5)4(7)8/h1-4,8,11H,5,10H2,(H,12,13);2-3,6H,5H2,1H3,(H,7,8)/t8-;2-,3+/m01/s1. The van der Waals surface area contributed by atoms with E-state index in [9.17, 15) is 9.59 Å². The molecule has 0 radical (unpaired) electrons. The van der Waals surface area contributed by atoms with Gasteiger partial charge in [0.15, 0.2) is 0 Å². The van der Waals surface area contributed by atoms with Crippen molar-refractivity contribution in [2.24, 2.45) is 11.5 Å². The number of carboxylic acid groups (broad SMARTS) is 2. The highest BCUT2D eigenvalue weighted by atomic mass is 16.4. The maximum atomic E-state index is 10.4. The molecule has 8 N–H and O–H groups in total. The Morgan fingerprint density at radius 2 is 1.57 bits per heavy atom. The summed E-state index contributed by atoms with van der Waals surface area (Å²) in [6.45, 7) is 1.33. The lowest BCUT2D eigenvalue weighted by atomic mass is 10.1. The first kappa shape index (κ1) is 18.8. The molecule has 0 heterocycles. The van der Waals surface area contributed by atoms with Crippen molar-refractivity contribution in [2.45, 2.75) is 31.5 Å². The third-order valence-corrected chi connectivity index (χ3v) is 2.51. The van der Waals surface area contributed by atoms with E-state index < -0.39 is 30.1 Å². The number of carbonyl (C=O) groups is 2. The monoisotopic (exact) mass is 300 g/mol. The summed E-state index contributed by atoms with van der Waals surface area (Å²) in [7, 11) is 0. The van der Waals surface area contributed by atoms with Crippen LogP contribution >= 0.6 is 0 Å². The van der Waals surface area contributed by atoms with E-state index >= 15 is 0 Å². The summed E-state index contributed by atoms with van der Waals surface area (Å²) in [5.74, 6) is -2.04. The molecule has 1 aromatic rings. The van der Waals surface area contributed by atoms with E-state index in [-0.39, 0.29) is 12.2 Å². The number of aliphatic carboxylic acids is 2. The van der Waals surface area contributed by atoms with Crippen LogP contribution in [-0.4, -0.2) is 50.6 Å². The van der Waals surface area contributed by atoms with Crippen molar-refractivity contribution in [1.82, 2.24) is 0 Å². The predicted molar refractivity (Wildman–Crippen MR) is 74.7 cm³/mol. The van der Waals surface area contributed by atoms with Crippen LogP contribution in [0, 0.1) is 0 Å². The number of aromatic hydroxyl groups is 1. The van der Waals surface area contributed by atoms with Crippen LogP contribution in [0.2, 0.25) is 0 Å². The van der Waals surface area contributed by atoms with Gasteiger partial charge in [0.25, 0.3) is 0 Å². The third-order valence-electron chi connectivity index (χ3n) is 2.51. The van der Waals surface area contributed by atoms with E-state index in [0.717, 1.165) is 5.56 Å². The molecule has 0 bridgehead atoms. The van der Waals surface area contributed by atoms with Crippen molar-refractivity contribution in [3.05, 3.63) is 29.8 Å². The molecule has 1 rings (SSSR count). The van der Waals surface area contributed by atoms with Crippen molar-refractivity contribution >= 4 is 11.9 Å². The number of phenols is 1. The fourth-order valence-electron chi connectivity index (χ4n) is 1.18. The molecule has 0 fully saturated rings. The Morgan fingerprint density at radius 1 is 1.10 bits per heavy atom. The summed E-state index contributed by atoms with van der Waals surface area (Å²) in [4.78, 5) is 20.3. The average Bonchev–Trinajstić information content (AvgIpc) is 2.40. The molecule has 0 unspecified atom stereocenters. The van der Waals surface area contributed by atoms with Crippen LogP contribution in [-0.2, 0) is 16.0 Å². The molecule has 0 amide bonds. The van der Waals surface area contributed by atoms with Gasteiger partial charge in [-0.1, -0.05) is 12.1 Å². The van der Waals surface area contributed by atoms with Gasteiger partial charge in [-0.3, -0.25) is 9.59 Å². The SMILES string of the molecule is C[C@@H](O)[C@H](N)C(=O)O.N[C@@H](Cc1ccc(O)cc1)C(=O)O. The van der Waals surface area contributed by atoms with Crippen LogP contribution in [0.15, 0.2) is 24.3 Å². The van der Waals surface area contributed by atoms with Crippen LogP contribution in [0.4, 0.5) is 0 Å². The Bertz CT molecular complexity index is 460. The Morgan fingerprint density at radius 3 is 1.86 bits per heavy atom. The van der Waals surface area contributed by atoms with Crippen LogP contribution in [0.5, 0.6) is 5.75 Å². The summed E-state index contributed by atoms with van der Waals surface area (Å²) >= 11 is 0. The van der Waals surface area contributed by atoms with E-state index in [1.54, 1.807) is 12.1 Å². The normalized spacial score (nSPS) is 14.3. The lowest BCUT2D eigenvalue weighted by Crippen LogP contribution is -2.39. The van der Waals surface area contributed by atoms with Crippen molar-refractivity contribution in [1.29, 1.82) is 0 Å². The zero-order valence-electron chi connectivity index (χ0n) is 11.5. The summed E-state index contributed by atoms with van der Waals surface area (Å²) in [6, 6.07) is 4.27. The van der Waals surface area contributed by atoms with E-state index in [1.807, 2.05) is 0 Å². The number of phenolic OH excluding ortho intramolecular Hbond substituents is 1. The maximum absolute atomic E-state index is 10.4. The number of rotatable bonds is 5. The summed E-state index contributed by atoms with van der Waals surface area (Å²) in [5.41, 5.74) is 11.0. The Kier molecular flexibility index (Phi) is 7.99. The quantitative estimate of drug-likeness (QED) is 0.407. The molecule has 0 aliphatic carbocycles. The second-order valence-electron chi connectivity index (χ2n) is 4.42. The molecule has 0 aliphatic heterocycles. The summed E-state index contributed by atoms with van der Waals surface area (Å²) in [6.07, 6.45) is -0.706. The van der Waals surface area contributed by atoms with Crippen molar-refractivity contribution in [3.63, 3.8) is 0 Å². The van der Waals surface area contributed by atoms with Gasteiger partial charge in [0.1, 0.15) is 17.8 Å². The van der Waals surface area contributed by atoms with E-state index in [1.165, 1.54) is 19.1 Å². The maximum Gasteiger partial charge on any atom is 0.323 e. The molecule has 0 saturated carbocycles. The Hall–Kier alpha value is -2.16. The van der Waals surface area contributed by atoms with Crippen molar-refractivity contribution < 1.29 is 30.0 Å². The molecule has 0 aromatic heterocycles. The van der Waals surface area contributed by atoms with Gasteiger partial charge in [0.2, 0.25) is 0 Å². The molecule has 8 heteroatoms. The van der Waals surface area contributed by atoms with E-state index in [4.69, 9.17) is 31.9 Å². The zero-order chi connectivity index (χ0) is 16.6. The molecule has 3 atom stereocenters. The molecule has 21 heavy (non-hydrogen) atoms. The van der Waals surface area contributed by atoms with Gasteiger partial charge in [-0.25, -0.2) is 0 Å². The Balaban J connectivity index is 0.000000433. The van der Waals surface area contributed by atoms with Gasteiger partial charge in [-0.15, -0.1) is 0 Å². The van der Waals surface area contributed by atoms with E-state index in [0.29, 0.717) is 0 Å². The summed E-state index contributed by atoms with van der Waals surface area (Å²) < 4.78 is 0. The number of hydrogen-bond acceptors (Lipinski definition) is 6. The number of nitrogens with two attached hydrogens (primary N) is 2. The lowest BCUT2D eigenvalue weighted by Gasteiger charge is -2.06. The minimum Gasteiger partial charge on any atom is -0.508 e. The number of aliphatic hydroxyl groups is 1. The van der Waals surface area contributed by atoms with Gasteiger partial charge in [-0.2, -0.15) is 0 Å². The number of aliphatic hydroxyl groups excluding tert-OH is 1. The van der Waals surface area contributed by atoms with Crippen molar-refractivity contribution in [3.8, 4) is 5.75 Å². The fraction of sp³-hybridized carbons (Fsp3) is 0.385. The largest absolute Gasteiger partial charge is 0.508 e. The first-order valence-corrected chi connectivity index (χ1v) is 6.08. The van der Waals surface area contributed by atoms with Gasteiger partial charge < -0.3 is 31.9 Å². The molecule has 0 aliphatic rings. The van der Waals surface area contributed by atoms with Gasteiger partial charge >= 0.3 is 11.9 Å².